The SMILES string of the molecule is CC\C=C/C=C/C=C/C=C\C=C\C=C\CCCCCC(=O)OC(CCCCCCCCCCCCCCCCC)CC(=O)NC(CO)C(O)CCCCCCCCCCC. The molecule has 346 valence electrons. The van der Waals surface area contributed by atoms with Crippen molar-refractivity contribution < 1.29 is 24.5 Å². The maximum absolute atomic E-state index is 13.2. The van der Waals surface area contributed by atoms with E-state index in [9.17, 15) is 19.8 Å². The summed E-state index contributed by atoms with van der Waals surface area (Å²) >= 11 is 0. The number of hydrogen-bond acceptors (Lipinski definition) is 5. The number of unbranched alkanes of at least 4 members (excludes halogenated alkanes) is 25. The van der Waals surface area contributed by atoms with Crippen LogP contribution in [0.25, 0.3) is 0 Å². The molecule has 60 heavy (non-hydrogen) atoms. The highest BCUT2D eigenvalue weighted by atomic mass is 16.5. The molecule has 0 aromatic carbocycles. The van der Waals surface area contributed by atoms with Crippen molar-refractivity contribution in [1.29, 1.82) is 0 Å². The Morgan fingerprint density at radius 2 is 0.900 bits per heavy atom. The van der Waals surface area contributed by atoms with Crippen molar-refractivity contribution in [2.75, 3.05) is 6.61 Å². The second kappa shape index (κ2) is 47.4. The number of aliphatic hydroxyl groups is 2. The summed E-state index contributed by atoms with van der Waals surface area (Å²) in [5.41, 5.74) is 0. The molecular weight excluding hydrogens is 743 g/mol. The van der Waals surface area contributed by atoms with Crippen LogP contribution in [0.1, 0.15) is 233 Å². The van der Waals surface area contributed by atoms with E-state index in [1.54, 1.807) is 0 Å². The molecule has 0 rings (SSSR count). The Bertz CT molecular complexity index is 1120. The van der Waals surface area contributed by atoms with E-state index in [0.29, 0.717) is 19.3 Å². The molecule has 0 heterocycles. The van der Waals surface area contributed by atoms with E-state index in [2.05, 4.69) is 50.4 Å². The molecule has 0 aliphatic heterocycles. The van der Waals surface area contributed by atoms with Crippen molar-refractivity contribution in [2.45, 2.75) is 251 Å². The standard InChI is InChI=1S/C54H95NO5/c1-4-7-10-13-16-19-21-23-25-26-28-30-32-35-38-41-44-47-54(59)60-50(45-42-39-36-34-31-29-27-24-22-20-17-14-11-8-5-2)48-53(58)55-51(49-56)52(57)46-43-40-37-33-18-15-12-9-6-3/h7,10,13,16,19,21,23,25-26,28,30,32,50-52,56-57H,4-6,8-9,11-12,14-15,17-18,20,22,24,27,29,31,33-49H2,1-3H3,(H,55,58)/b10-7-,16-13+,21-19+,25-23-,28-26+,32-30+. The topological polar surface area (TPSA) is 95.9 Å². The molecule has 0 spiro atoms. The lowest BCUT2D eigenvalue weighted by atomic mass is 10.0. The Balaban J connectivity index is 4.67. The summed E-state index contributed by atoms with van der Waals surface area (Å²) in [6.07, 6.45) is 59.6. The third-order valence-electron chi connectivity index (χ3n) is 11.2. The molecule has 0 saturated heterocycles. The molecule has 6 nitrogen and oxygen atoms in total. The van der Waals surface area contributed by atoms with Crippen LogP contribution in [0.2, 0.25) is 0 Å². The van der Waals surface area contributed by atoms with Crippen LogP contribution in [0.4, 0.5) is 0 Å². The lowest BCUT2D eigenvalue weighted by Gasteiger charge is -2.24. The van der Waals surface area contributed by atoms with E-state index in [-0.39, 0.29) is 24.9 Å². The molecule has 3 atom stereocenters. The van der Waals surface area contributed by atoms with Crippen molar-refractivity contribution in [3.8, 4) is 0 Å². The number of carbonyl (C=O) groups is 2. The molecule has 0 aromatic rings. The highest BCUT2D eigenvalue weighted by Crippen LogP contribution is 2.18. The average molecular weight is 838 g/mol. The molecule has 0 aliphatic carbocycles. The first-order chi connectivity index (χ1) is 29.5. The number of allylic oxidation sites excluding steroid dienone is 12. The second-order valence-corrected chi connectivity index (χ2v) is 17.0. The number of esters is 1. The summed E-state index contributed by atoms with van der Waals surface area (Å²) in [4.78, 5) is 26.1. The maximum atomic E-state index is 13.2. The van der Waals surface area contributed by atoms with Gasteiger partial charge < -0.3 is 20.3 Å². The highest BCUT2D eigenvalue weighted by molar-refractivity contribution is 5.77. The first kappa shape index (κ1) is 57.3. The van der Waals surface area contributed by atoms with Crippen molar-refractivity contribution in [1.82, 2.24) is 5.32 Å². The molecule has 0 fully saturated rings. The predicted molar refractivity (Wildman–Crippen MR) is 259 cm³/mol. The Kier molecular flexibility index (Phi) is 45.2. The first-order valence-electron chi connectivity index (χ1n) is 25.2. The van der Waals surface area contributed by atoms with Crippen LogP contribution >= 0.6 is 0 Å². The quantitative estimate of drug-likeness (QED) is 0.0323. The Morgan fingerprint density at radius 3 is 1.35 bits per heavy atom. The highest BCUT2D eigenvalue weighted by Gasteiger charge is 2.24. The zero-order valence-electron chi connectivity index (χ0n) is 39.3. The van der Waals surface area contributed by atoms with Crippen molar-refractivity contribution >= 4 is 11.9 Å². The van der Waals surface area contributed by atoms with Crippen LogP contribution in [-0.2, 0) is 14.3 Å². The van der Waals surface area contributed by atoms with Crippen LogP contribution in [0.15, 0.2) is 72.9 Å². The van der Waals surface area contributed by atoms with Gasteiger partial charge in [0.25, 0.3) is 0 Å². The molecule has 1 amide bonds. The molecular formula is C54H95NO5. The minimum Gasteiger partial charge on any atom is -0.462 e. The molecule has 0 saturated carbocycles. The fourth-order valence-corrected chi connectivity index (χ4v) is 7.40. The maximum Gasteiger partial charge on any atom is 0.306 e. The Hall–Kier alpha value is -2.70. The van der Waals surface area contributed by atoms with Crippen LogP contribution < -0.4 is 5.32 Å². The minimum absolute atomic E-state index is 0.0586. The van der Waals surface area contributed by atoms with Gasteiger partial charge in [0.1, 0.15) is 6.10 Å². The number of hydrogen-bond donors (Lipinski definition) is 3. The van der Waals surface area contributed by atoms with Gasteiger partial charge >= 0.3 is 5.97 Å². The van der Waals surface area contributed by atoms with Gasteiger partial charge in [-0.2, -0.15) is 0 Å². The van der Waals surface area contributed by atoms with E-state index < -0.39 is 18.2 Å². The number of rotatable bonds is 44. The van der Waals surface area contributed by atoms with E-state index in [1.807, 2.05) is 48.6 Å². The van der Waals surface area contributed by atoms with E-state index in [4.69, 9.17) is 4.74 Å². The van der Waals surface area contributed by atoms with Gasteiger partial charge in [-0.1, -0.05) is 248 Å². The summed E-state index contributed by atoms with van der Waals surface area (Å²) < 4.78 is 5.91. The van der Waals surface area contributed by atoms with Gasteiger partial charge in [0.15, 0.2) is 0 Å². The zero-order chi connectivity index (χ0) is 43.8. The summed E-state index contributed by atoms with van der Waals surface area (Å²) in [6, 6.07) is -0.711. The van der Waals surface area contributed by atoms with Crippen molar-refractivity contribution in [3.63, 3.8) is 0 Å². The van der Waals surface area contributed by atoms with Crippen LogP contribution in [-0.4, -0.2) is 46.9 Å². The Labute approximate surface area is 371 Å². The summed E-state index contributed by atoms with van der Waals surface area (Å²) in [6.45, 7) is 6.31. The molecule has 0 aromatic heterocycles. The van der Waals surface area contributed by atoms with Gasteiger partial charge in [0, 0.05) is 6.42 Å². The van der Waals surface area contributed by atoms with Gasteiger partial charge in [-0.25, -0.2) is 0 Å². The van der Waals surface area contributed by atoms with Crippen LogP contribution in [0.3, 0.4) is 0 Å². The number of amides is 1. The van der Waals surface area contributed by atoms with Gasteiger partial charge in [0.2, 0.25) is 5.91 Å². The monoisotopic (exact) mass is 838 g/mol. The second-order valence-electron chi connectivity index (χ2n) is 17.0. The van der Waals surface area contributed by atoms with Crippen molar-refractivity contribution in [3.05, 3.63) is 72.9 Å². The lowest BCUT2D eigenvalue weighted by molar-refractivity contribution is -0.151. The fourth-order valence-electron chi connectivity index (χ4n) is 7.40. The third kappa shape index (κ3) is 42.0. The van der Waals surface area contributed by atoms with E-state index in [1.165, 1.54) is 116 Å². The average Bonchev–Trinajstić information content (AvgIpc) is 3.24. The summed E-state index contributed by atoms with van der Waals surface area (Å²) in [5.74, 6) is -0.524. The van der Waals surface area contributed by atoms with Crippen LogP contribution in [0.5, 0.6) is 0 Å². The van der Waals surface area contributed by atoms with Crippen LogP contribution in [0, 0.1) is 0 Å². The molecule has 6 heteroatoms. The van der Waals surface area contributed by atoms with Gasteiger partial charge in [-0.3, -0.25) is 9.59 Å². The number of aliphatic hydroxyl groups excluding tert-OH is 2. The lowest BCUT2D eigenvalue weighted by Crippen LogP contribution is -2.46. The number of ether oxygens (including phenoxy) is 1. The summed E-state index contributed by atoms with van der Waals surface area (Å²) in [5, 5.41) is 23.7. The predicted octanol–water partition coefficient (Wildman–Crippen LogP) is 15.0. The van der Waals surface area contributed by atoms with E-state index in [0.717, 1.165) is 70.6 Å². The first-order valence-corrected chi connectivity index (χ1v) is 25.2. The minimum atomic E-state index is -0.795. The Morgan fingerprint density at radius 1 is 0.500 bits per heavy atom. The number of nitrogens with one attached hydrogen (secondary N) is 1. The fraction of sp³-hybridized carbons (Fsp3) is 0.741. The van der Waals surface area contributed by atoms with Gasteiger partial charge in [-0.05, 0) is 44.9 Å². The van der Waals surface area contributed by atoms with E-state index >= 15 is 0 Å². The summed E-state index contributed by atoms with van der Waals surface area (Å²) in [7, 11) is 0. The van der Waals surface area contributed by atoms with Gasteiger partial charge in [-0.15, -0.1) is 0 Å². The smallest absolute Gasteiger partial charge is 0.306 e. The molecule has 0 bridgehead atoms. The third-order valence-corrected chi connectivity index (χ3v) is 11.2. The molecule has 3 N–H and O–H groups in total. The van der Waals surface area contributed by atoms with Crippen molar-refractivity contribution in [2.24, 2.45) is 0 Å². The largest absolute Gasteiger partial charge is 0.462 e. The zero-order valence-corrected chi connectivity index (χ0v) is 39.3. The molecule has 0 radical (unpaired) electrons. The molecule has 3 unspecified atom stereocenters. The number of carbonyl (C=O) groups excluding carboxylic acids is 2. The van der Waals surface area contributed by atoms with Gasteiger partial charge in [0.05, 0.1) is 25.2 Å². The normalized spacial score (nSPS) is 13.9. The molecule has 0 aliphatic rings.